The van der Waals surface area contributed by atoms with Crippen LogP contribution in [-0.2, 0) is 10.0 Å². The Bertz CT molecular complexity index is 332. The van der Waals surface area contributed by atoms with Crippen LogP contribution in [0.2, 0.25) is 0 Å². The topological polar surface area (TPSA) is 52.7 Å². The summed E-state index contributed by atoms with van der Waals surface area (Å²) in [6.07, 6.45) is 1.78. The van der Waals surface area contributed by atoms with Gasteiger partial charge in [-0.1, -0.05) is 6.92 Å². The molecule has 0 saturated carbocycles. The first-order valence-electron chi connectivity index (χ1n) is 6.86. The van der Waals surface area contributed by atoms with Gasteiger partial charge in [0.1, 0.15) is 0 Å². The fourth-order valence-electron chi connectivity index (χ4n) is 2.33. The maximum absolute atomic E-state index is 12.2. The van der Waals surface area contributed by atoms with E-state index in [9.17, 15) is 8.42 Å². The van der Waals surface area contributed by atoms with Gasteiger partial charge in [0.15, 0.2) is 0 Å². The van der Waals surface area contributed by atoms with Crippen LogP contribution < -0.4 is 5.32 Å². The molecule has 0 aromatic rings. The van der Waals surface area contributed by atoms with Crippen LogP contribution in [0.25, 0.3) is 0 Å². The number of likely N-dealkylation sites (N-methyl/N-ethyl adjacent to an activating group) is 1. The van der Waals surface area contributed by atoms with Crippen molar-refractivity contribution in [3.63, 3.8) is 0 Å². The molecule has 18 heavy (non-hydrogen) atoms. The lowest BCUT2D eigenvalue weighted by atomic mass is 10.2. The molecule has 1 rings (SSSR count). The van der Waals surface area contributed by atoms with Gasteiger partial charge in [-0.3, -0.25) is 0 Å². The van der Waals surface area contributed by atoms with Crippen molar-refractivity contribution in [2.45, 2.75) is 32.7 Å². The summed E-state index contributed by atoms with van der Waals surface area (Å²) in [7, 11) is -1.04. The summed E-state index contributed by atoms with van der Waals surface area (Å²) >= 11 is 0. The van der Waals surface area contributed by atoms with Crippen LogP contribution in [0.15, 0.2) is 0 Å². The van der Waals surface area contributed by atoms with Crippen LogP contribution in [0.5, 0.6) is 0 Å². The molecule has 5 nitrogen and oxygen atoms in total. The van der Waals surface area contributed by atoms with Crippen LogP contribution in [0.1, 0.15) is 26.7 Å². The number of sulfonamides is 1. The highest BCUT2D eigenvalue weighted by Crippen LogP contribution is 2.14. The fourth-order valence-corrected chi connectivity index (χ4v) is 4.05. The molecule has 1 N–H and O–H groups in total. The van der Waals surface area contributed by atoms with Crippen molar-refractivity contribution in [1.29, 1.82) is 0 Å². The highest BCUT2D eigenvalue weighted by molar-refractivity contribution is 7.89. The van der Waals surface area contributed by atoms with Crippen molar-refractivity contribution in [3.8, 4) is 0 Å². The summed E-state index contributed by atoms with van der Waals surface area (Å²) in [6, 6.07) is 0.0948. The van der Waals surface area contributed by atoms with Crippen LogP contribution in [-0.4, -0.2) is 69.2 Å². The molecule has 1 fully saturated rings. The first-order chi connectivity index (χ1) is 8.47. The molecule has 0 aromatic carbocycles. The van der Waals surface area contributed by atoms with Gasteiger partial charge in [-0.15, -0.1) is 0 Å². The Kier molecular flexibility index (Phi) is 6.55. The Morgan fingerprint density at radius 3 is 2.61 bits per heavy atom. The van der Waals surface area contributed by atoms with E-state index >= 15 is 0 Å². The predicted molar refractivity (Wildman–Crippen MR) is 75.2 cm³/mol. The van der Waals surface area contributed by atoms with Crippen molar-refractivity contribution in [2.24, 2.45) is 0 Å². The van der Waals surface area contributed by atoms with Crippen molar-refractivity contribution in [1.82, 2.24) is 14.5 Å². The molecule has 0 amide bonds. The monoisotopic (exact) mass is 277 g/mol. The minimum atomic E-state index is -3.08. The second kappa shape index (κ2) is 7.43. The first kappa shape index (κ1) is 15.9. The van der Waals surface area contributed by atoms with Crippen LogP contribution >= 0.6 is 0 Å². The van der Waals surface area contributed by atoms with Crippen molar-refractivity contribution in [3.05, 3.63) is 0 Å². The first-order valence-corrected chi connectivity index (χ1v) is 8.47. The Balaban J connectivity index is 2.38. The Morgan fingerprint density at radius 2 is 2.00 bits per heavy atom. The van der Waals surface area contributed by atoms with Gasteiger partial charge >= 0.3 is 0 Å². The normalized spacial score (nSPS) is 23.4. The standard InChI is InChI=1S/C12H27N3O2S/c1-4-6-13-7-5-10-18(16,17)15-9-8-14(3)11-12(15)2/h12-13H,4-11H2,1-3H3. The predicted octanol–water partition coefficient (Wildman–Crippen LogP) is 0.342. The number of piperazine rings is 1. The zero-order chi connectivity index (χ0) is 13.6. The van der Waals surface area contributed by atoms with Gasteiger partial charge in [-0.2, -0.15) is 4.31 Å². The number of hydrogen-bond acceptors (Lipinski definition) is 4. The van der Waals surface area contributed by atoms with Gasteiger partial charge in [0.05, 0.1) is 5.75 Å². The molecule has 0 radical (unpaired) electrons. The van der Waals surface area contributed by atoms with E-state index in [2.05, 4.69) is 17.1 Å². The zero-order valence-corrected chi connectivity index (χ0v) is 12.7. The molecule has 0 aliphatic carbocycles. The summed E-state index contributed by atoms with van der Waals surface area (Å²) in [6.45, 7) is 8.13. The summed E-state index contributed by atoms with van der Waals surface area (Å²) < 4.78 is 26.1. The lowest BCUT2D eigenvalue weighted by molar-refractivity contribution is 0.170. The Hall–Kier alpha value is -0.170. The molecule has 6 heteroatoms. The van der Waals surface area contributed by atoms with Crippen LogP contribution in [0.4, 0.5) is 0 Å². The molecular formula is C12H27N3O2S. The third-order valence-corrected chi connectivity index (χ3v) is 5.37. The Morgan fingerprint density at radius 1 is 1.28 bits per heavy atom. The molecule has 0 aromatic heterocycles. The number of nitrogens with one attached hydrogen (secondary N) is 1. The van der Waals surface area contributed by atoms with E-state index < -0.39 is 10.0 Å². The van der Waals surface area contributed by atoms with Crippen LogP contribution in [0.3, 0.4) is 0 Å². The molecule has 1 atom stereocenters. The highest BCUT2D eigenvalue weighted by atomic mass is 32.2. The second-order valence-electron chi connectivity index (χ2n) is 5.14. The fraction of sp³-hybridized carbons (Fsp3) is 1.00. The smallest absolute Gasteiger partial charge is 0.214 e. The third-order valence-electron chi connectivity index (χ3n) is 3.31. The van der Waals surface area contributed by atoms with Crippen molar-refractivity contribution < 1.29 is 8.42 Å². The molecule has 108 valence electrons. The maximum Gasteiger partial charge on any atom is 0.214 e. The summed E-state index contributed by atoms with van der Waals surface area (Å²) in [4.78, 5) is 2.18. The minimum absolute atomic E-state index is 0.0948. The van der Waals surface area contributed by atoms with Crippen LogP contribution in [0, 0.1) is 0 Å². The van der Waals surface area contributed by atoms with E-state index in [4.69, 9.17) is 0 Å². The third kappa shape index (κ3) is 4.84. The average molecular weight is 277 g/mol. The van der Waals surface area contributed by atoms with E-state index in [0.29, 0.717) is 13.0 Å². The van der Waals surface area contributed by atoms with E-state index in [1.54, 1.807) is 4.31 Å². The minimum Gasteiger partial charge on any atom is -0.317 e. The number of hydrogen-bond donors (Lipinski definition) is 1. The van der Waals surface area contributed by atoms with Gasteiger partial charge in [-0.05, 0) is 39.9 Å². The largest absolute Gasteiger partial charge is 0.317 e. The van der Waals surface area contributed by atoms with E-state index in [-0.39, 0.29) is 11.8 Å². The summed E-state index contributed by atoms with van der Waals surface area (Å²) in [5, 5.41) is 3.24. The van der Waals surface area contributed by atoms with E-state index in [1.165, 1.54) is 0 Å². The molecule has 1 heterocycles. The SMILES string of the molecule is CCCNCCCS(=O)(=O)N1CCN(C)CC1C. The molecular weight excluding hydrogens is 250 g/mol. The molecule has 0 bridgehead atoms. The number of rotatable bonds is 7. The molecule has 1 unspecified atom stereocenters. The highest BCUT2D eigenvalue weighted by Gasteiger charge is 2.30. The van der Waals surface area contributed by atoms with Crippen molar-refractivity contribution >= 4 is 10.0 Å². The zero-order valence-electron chi connectivity index (χ0n) is 11.9. The maximum atomic E-state index is 12.2. The molecule has 1 saturated heterocycles. The lowest BCUT2D eigenvalue weighted by Crippen LogP contribution is -2.53. The average Bonchev–Trinajstić information content (AvgIpc) is 2.28. The van der Waals surface area contributed by atoms with Crippen molar-refractivity contribution in [2.75, 3.05) is 45.5 Å². The van der Waals surface area contributed by atoms with E-state index in [0.717, 1.165) is 32.6 Å². The second-order valence-corrected chi connectivity index (χ2v) is 7.18. The number of nitrogens with zero attached hydrogens (tertiary/aromatic N) is 2. The van der Waals surface area contributed by atoms with Gasteiger partial charge < -0.3 is 10.2 Å². The summed E-state index contributed by atoms with van der Waals surface area (Å²) in [5.74, 6) is 0.262. The molecule has 1 aliphatic heterocycles. The van der Waals surface area contributed by atoms with Gasteiger partial charge in [0.2, 0.25) is 10.0 Å². The summed E-state index contributed by atoms with van der Waals surface area (Å²) in [5.41, 5.74) is 0. The Labute approximate surface area is 112 Å². The van der Waals surface area contributed by atoms with E-state index in [1.807, 2.05) is 14.0 Å². The molecule has 1 aliphatic rings. The molecule has 0 spiro atoms. The quantitative estimate of drug-likeness (QED) is 0.682. The lowest BCUT2D eigenvalue weighted by Gasteiger charge is -2.37. The van der Waals surface area contributed by atoms with Gasteiger partial charge in [-0.25, -0.2) is 8.42 Å². The van der Waals surface area contributed by atoms with Gasteiger partial charge in [0.25, 0.3) is 0 Å². The van der Waals surface area contributed by atoms with Gasteiger partial charge in [0, 0.05) is 25.7 Å².